The number of cyclic esters (lactones) is 1. The van der Waals surface area contributed by atoms with E-state index in [-0.39, 0.29) is 43.5 Å². The maximum absolute atomic E-state index is 14.9. The summed E-state index contributed by atoms with van der Waals surface area (Å²) in [5.41, 5.74) is 7.78. The Morgan fingerprint density at radius 3 is 2.37 bits per heavy atom. The highest BCUT2D eigenvalue weighted by atomic mass is 19.1. The van der Waals surface area contributed by atoms with E-state index in [1.54, 1.807) is 41.3 Å². The second kappa shape index (κ2) is 12.0. The number of hydrogen-bond acceptors (Lipinski definition) is 7. The molecule has 0 unspecified atom stereocenters. The standard InChI is InChI=1S/C27H32FN5O5/c1-18(34)30-16-19-2-4-20(5-3-19)25(35)8-9-26(36)32-12-10-31(11-13-32)24-7-6-21(14-23(24)28)33-17-22(15-29)38-27(33)37/h2-7,14,22H,8-13,15-17,29H2,1H3,(H,30,34)/t22-/m0/s1. The number of halogens is 1. The molecule has 38 heavy (non-hydrogen) atoms. The van der Waals surface area contributed by atoms with Crippen molar-refractivity contribution in [1.82, 2.24) is 10.2 Å². The maximum Gasteiger partial charge on any atom is 0.414 e. The third-order valence-corrected chi connectivity index (χ3v) is 6.74. The third kappa shape index (κ3) is 6.46. The van der Waals surface area contributed by atoms with E-state index in [1.807, 2.05) is 4.90 Å². The first-order valence-corrected chi connectivity index (χ1v) is 12.6. The van der Waals surface area contributed by atoms with Crippen LogP contribution in [0.2, 0.25) is 0 Å². The van der Waals surface area contributed by atoms with Gasteiger partial charge in [0.05, 0.1) is 17.9 Å². The van der Waals surface area contributed by atoms with Gasteiger partial charge in [-0.25, -0.2) is 9.18 Å². The summed E-state index contributed by atoms with van der Waals surface area (Å²) in [6.45, 7) is 4.06. The van der Waals surface area contributed by atoms with Gasteiger partial charge in [-0.15, -0.1) is 0 Å². The van der Waals surface area contributed by atoms with Crippen LogP contribution in [0, 0.1) is 5.82 Å². The van der Waals surface area contributed by atoms with Crippen molar-refractivity contribution in [2.24, 2.45) is 5.73 Å². The summed E-state index contributed by atoms with van der Waals surface area (Å²) in [5, 5.41) is 2.70. The first kappa shape index (κ1) is 27.1. The lowest BCUT2D eigenvalue weighted by atomic mass is 10.0. The monoisotopic (exact) mass is 525 g/mol. The van der Waals surface area contributed by atoms with Gasteiger partial charge in [-0.3, -0.25) is 19.3 Å². The summed E-state index contributed by atoms with van der Waals surface area (Å²) in [7, 11) is 0. The molecule has 3 amide bonds. The smallest absolute Gasteiger partial charge is 0.414 e. The first-order valence-electron chi connectivity index (χ1n) is 12.6. The molecule has 0 aromatic heterocycles. The average molecular weight is 526 g/mol. The lowest BCUT2D eigenvalue weighted by molar-refractivity contribution is -0.131. The predicted octanol–water partition coefficient (Wildman–Crippen LogP) is 2.06. The van der Waals surface area contributed by atoms with E-state index in [0.717, 1.165) is 5.56 Å². The summed E-state index contributed by atoms with van der Waals surface area (Å²) in [5.74, 6) is -0.817. The number of piperazine rings is 1. The Morgan fingerprint density at radius 1 is 1.05 bits per heavy atom. The van der Waals surface area contributed by atoms with Gasteiger partial charge in [-0.2, -0.15) is 0 Å². The van der Waals surface area contributed by atoms with Crippen LogP contribution in [0.25, 0.3) is 0 Å². The number of rotatable bonds is 9. The van der Waals surface area contributed by atoms with Crippen molar-refractivity contribution in [3.8, 4) is 0 Å². The molecule has 10 nitrogen and oxygen atoms in total. The molecule has 11 heteroatoms. The van der Waals surface area contributed by atoms with E-state index in [4.69, 9.17) is 10.5 Å². The fourth-order valence-electron chi connectivity index (χ4n) is 4.53. The number of nitrogens with zero attached hydrogens (tertiary/aromatic N) is 3. The van der Waals surface area contributed by atoms with E-state index in [0.29, 0.717) is 49.7 Å². The minimum absolute atomic E-state index is 0.101. The molecule has 1 atom stereocenters. The van der Waals surface area contributed by atoms with Crippen LogP contribution in [0.1, 0.15) is 35.7 Å². The van der Waals surface area contributed by atoms with Crippen LogP contribution in [-0.4, -0.2) is 74.0 Å². The van der Waals surface area contributed by atoms with Crippen molar-refractivity contribution >= 4 is 35.1 Å². The Hall–Kier alpha value is -3.99. The molecule has 0 aliphatic carbocycles. The molecule has 0 saturated carbocycles. The van der Waals surface area contributed by atoms with Gasteiger partial charge in [0, 0.05) is 64.6 Å². The zero-order valence-corrected chi connectivity index (χ0v) is 21.3. The second-order valence-corrected chi connectivity index (χ2v) is 9.39. The number of Topliss-reactive ketones (excluding diaryl/α,β-unsaturated/α-hetero) is 1. The quantitative estimate of drug-likeness (QED) is 0.480. The summed E-state index contributed by atoms with van der Waals surface area (Å²) < 4.78 is 20.1. The number of benzene rings is 2. The van der Waals surface area contributed by atoms with E-state index in [9.17, 15) is 23.6 Å². The summed E-state index contributed by atoms with van der Waals surface area (Å²) in [4.78, 5) is 53.2. The number of ketones is 1. The number of ether oxygens (including phenoxy) is 1. The molecular weight excluding hydrogens is 493 g/mol. The SMILES string of the molecule is CC(=O)NCc1ccc(C(=O)CCC(=O)N2CCN(c3ccc(N4C[C@H](CN)OC4=O)cc3F)CC2)cc1. The van der Waals surface area contributed by atoms with Crippen LogP contribution in [0.3, 0.4) is 0 Å². The van der Waals surface area contributed by atoms with Gasteiger partial charge in [0.2, 0.25) is 11.8 Å². The van der Waals surface area contributed by atoms with Crippen LogP contribution < -0.4 is 20.9 Å². The van der Waals surface area contributed by atoms with Crippen molar-refractivity contribution in [2.45, 2.75) is 32.4 Å². The lowest BCUT2D eigenvalue weighted by Crippen LogP contribution is -2.49. The molecular formula is C27H32FN5O5. The minimum Gasteiger partial charge on any atom is -0.443 e. The van der Waals surface area contributed by atoms with Crippen LogP contribution >= 0.6 is 0 Å². The highest BCUT2D eigenvalue weighted by molar-refractivity contribution is 5.98. The van der Waals surface area contributed by atoms with E-state index < -0.39 is 18.0 Å². The van der Waals surface area contributed by atoms with Crippen molar-refractivity contribution < 1.29 is 28.3 Å². The Bertz CT molecular complexity index is 1200. The number of anilines is 2. The van der Waals surface area contributed by atoms with Gasteiger partial charge >= 0.3 is 6.09 Å². The van der Waals surface area contributed by atoms with Crippen molar-refractivity contribution in [1.29, 1.82) is 0 Å². The molecule has 2 heterocycles. The van der Waals surface area contributed by atoms with E-state index >= 15 is 0 Å². The molecule has 0 radical (unpaired) electrons. The zero-order chi connectivity index (χ0) is 27.2. The predicted molar refractivity (Wildman–Crippen MR) is 139 cm³/mol. The number of carbonyl (C=O) groups is 4. The maximum atomic E-state index is 14.9. The Labute approximate surface area is 220 Å². The van der Waals surface area contributed by atoms with Gasteiger partial charge in [0.1, 0.15) is 11.9 Å². The van der Waals surface area contributed by atoms with Gasteiger partial charge in [-0.05, 0) is 23.8 Å². The molecule has 2 fully saturated rings. The molecule has 3 N–H and O–H groups in total. The lowest BCUT2D eigenvalue weighted by Gasteiger charge is -2.36. The van der Waals surface area contributed by atoms with E-state index in [1.165, 1.54) is 17.9 Å². The molecule has 202 valence electrons. The second-order valence-electron chi connectivity index (χ2n) is 9.39. The minimum atomic E-state index is -0.544. The average Bonchev–Trinajstić information content (AvgIpc) is 3.31. The highest BCUT2D eigenvalue weighted by Gasteiger charge is 2.32. The van der Waals surface area contributed by atoms with Crippen molar-refractivity contribution in [2.75, 3.05) is 49.1 Å². The zero-order valence-electron chi connectivity index (χ0n) is 21.3. The number of nitrogens with one attached hydrogen (secondary N) is 1. The number of nitrogens with two attached hydrogens (primary N) is 1. The van der Waals surface area contributed by atoms with Crippen LogP contribution in [0.5, 0.6) is 0 Å². The molecule has 2 aliphatic heterocycles. The molecule has 2 aliphatic rings. The van der Waals surface area contributed by atoms with E-state index in [2.05, 4.69) is 5.32 Å². The topological polar surface area (TPSA) is 125 Å². The molecule has 2 aromatic carbocycles. The number of carbonyl (C=O) groups excluding carboxylic acids is 4. The Kier molecular flexibility index (Phi) is 8.57. The molecule has 0 spiro atoms. The van der Waals surface area contributed by atoms with Gasteiger partial charge in [0.15, 0.2) is 5.78 Å². The number of hydrogen-bond donors (Lipinski definition) is 2. The molecule has 0 bridgehead atoms. The van der Waals surface area contributed by atoms with Gasteiger partial charge < -0.3 is 25.6 Å². The van der Waals surface area contributed by atoms with Crippen LogP contribution in [0.15, 0.2) is 42.5 Å². The van der Waals surface area contributed by atoms with Gasteiger partial charge in [0.25, 0.3) is 0 Å². The summed E-state index contributed by atoms with van der Waals surface area (Å²) in [6, 6.07) is 11.6. The largest absolute Gasteiger partial charge is 0.443 e. The fourth-order valence-corrected chi connectivity index (χ4v) is 4.53. The number of amides is 3. The van der Waals surface area contributed by atoms with Gasteiger partial charge in [-0.1, -0.05) is 24.3 Å². The molecule has 2 aromatic rings. The summed E-state index contributed by atoms with van der Waals surface area (Å²) >= 11 is 0. The fraction of sp³-hybridized carbons (Fsp3) is 0.407. The van der Waals surface area contributed by atoms with Crippen LogP contribution in [-0.2, 0) is 20.9 Å². The normalized spacial score (nSPS) is 17.4. The molecule has 2 saturated heterocycles. The third-order valence-electron chi connectivity index (χ3n) is 6.74. The highest BCUT2D eigenvalue weighted by Crippen LogP contribution is 2.28. The Balaban J connectivity index is 1.25. The molecule has 4 rings (SSSR count). The van der Waals surface area contributed by atoms with Crippen LogP contribution in [0.4, 0.5) is 20.6 Å². The Morgan fingerprint density at radius 2 is 1.76 bits per heavy atom. The first-order chi connectivity index (χ1) is 18.2. The summed E-state index contributed by atoms with van der Waals surface area (Å²) in [6.07, 6.45) is -0.750. The van der Waals surface area contributed by atoms with Crippen molar-refractivity contribution in [3.05, 3.63) is 59.4 Å². The van der Waals surface area contributed by atoms with Crippen molar-refractivity contribution in [3.63, 3.8) is 0 Å².